The quantitative estimate of drug-likeness (QED) is 0.182. The molecule has 2 aromatic carbocycles. The highest BCUT2D eigenvalue weighted by atomic mass is 16.6. The van der Waals surface area contributed by atoms with Gasteiger partial charge in [0.1, 0.15) is 12.2 Å². The first-order valence-corrected chi connectivity index (χ1v) is 11.4. The van der Waals surface area contributed by atoms with Crippen molar-refractivity contribution < 1.29 is 38.2 Å². The minimum absolute atomic E-state index is 0.0881. The minimum Gasteiger partial charge on any atom is -0.493 e. The van der Waals surface area contributed by atoms with Gasteiger partial charge in [0.2, 0.25) is 5.78 Å². The monoisotopic (exact) mass is 510 g/mol. The zero-order valence-electron chi connectivity index (χ0n) is 20.8. The lowest BCUT2D eigenvalue weighted by atomic mass is 10.1. The van der Waals surface area contributed by atoms with Crippen molar-refractivity contribution in [3.05, 3.63) is 75.1 Å². The van der Waals surface area contributed by atoms with E-state index in [1.165, 1.54) is 14.2 Å². The summed E-state index contributed by atoms with van der Waals surface area (Å²) < 4.78 is 29.1. The van der Waals surface area contributed by atoms with Crippen LogP contribution in [0.5, 0.6) is 23.0 Å². The third-order valence-corrected chi connectivity index (χ3v) is 6.08. The van der Waals surface area contributed by atoms with Crippen LogP contribution >= 0.6 is 0 Å². The Morgan fingerprint density at radius 3 is 2.41 bits per heavy atom. The van der Waals surface area contributed by atoms with E-state index in [9.17, 15) is 19.7 Å². The van der Waals surface area contributed by atoms with Crippen LogP contribution in [0.4, 0.5) is 5.69 Å². The average Bonchev–Trinajstić information content (AvgIpc) is 3.18. The second-order valence-corrected chi connectivity index (χ2v) is 8.37. The number of nitro benzene ring substituents is 1. The molecule has 0 saturated heterocycles. The fourth-order valence-corrected chi connectivity index (χ4v) is 4.19. The molecule has 2 heterocycles. The zero-order chi connectivity index (χ0) is 26.7. The summed E-state index contributed by atoms with van der Waals surface area (Å²) >= 11 is 0. The van der Waals surface area contributed by atoms with Gasteiger partial charge in [-0.3, -0.25) is 14.9 Å². The molecule has 0 N–H and O–H groups in total. The number of ether oxygens (including phenoxy) is 5. The fourth-order valence-electron chi connectivity index (χ4n) is 4.19. The number of para-hydroxylation sites is 2. The van der Waals surface area contributed by atoms with Crippen LogP contribution in [-0.4, -0.2) is 54.8 Å². The summed E-state index contributed by atoms with van der Waals surface area (Å²) in [5.41, 5.74) is 1.01. The molecule has 0 bridgehead atoms. The Balaban J connectivity index is 1.46. The number of hydrogen-bond acceptors (Lipinski definition) is 9. The molecule has 0 fully saturated rings. The third kappa shape index (κ3) is 5.20. The number of methoxy groups -OCH3 is 2. The number of benzene rings is 2. The summed E-state index contributed by atoms with van der Waals surface area (Å²) in [6.45, 7) is 3.88. The van der Waals surface area contributed by atoms with Gasteiger partial charge in [-0.05, 0) is 32.0 Å². The van der Waals surface area contributed by atoms with E-state index in [1.54, 1.807) is 13.0 Å². The normalized spacial score (nSPS) is 14.1. The summed E-state index contributed by atoms with van der Waals surface area (Å²) in [4.78, 5) is 36.4. The maximum absolute atomic E-state index is 12.9. The van der Waals surface area contributed by atoms with Gasteiger partial charge >= 0.3 is 5.97 Å². The standard InChI is InChI=1S/C26H26N2O9/c1-15-9-18(16(2)27(15)12-17-13-35-22-7-5-6-8-23(22)37-17)21(29)14-36-26(30)19-10-24(33-3)25(34-4)11-20(19)28(31)32/h5-11,17H,12-14H2,1-4H3/t17-/m0/s1. The molecule has 1 aromatic heterocycles. The van der Waals surface area contributed by atoms with E-state index in [-0.39, 0.29) is 23.2 Å². The second kappa shape index (κ2) is 10.6. The Hall–Kier alpha value is -4.54. The van der Waals surface area contributed by atoms with Crippen molar-refractivity contribution in [2.45, 2.75) is 26.5 Å². The number of esters is 1. The Bertz CT molecular complexity index is 1360. The van der Waals surface area contributed by atoms with Crippen molar-refractivity contribution >= 4 is 17.4 Å². The van der Waals surface area contributed by atoms with E-state index >= 15 is 0 Å². The SMILES string of the molecule is COc1cc(C(=O)OCC(=O)c2cc(C)n(C[C@H]3COc4ccccc4O3)c2C)c([N+](=O)[O-])cc1OC. The topological polar surface area (TPSA) is 128 Å². The van der Waals surface area contributed by atoms with Gasteiger partial charge in [-0.1, -0.05) is 12.1 Å². The Morgan fingerprint density at radius 2 is 1.73 bits per heavy atom. The maximum Gasteiger partial charge on any atom is 0.345 e. The van der Waals surface area contributed by atoms with E-state index in [4.69, 9.17) is 23.7 Å². The molecular weight excluding hydrogens is 484 g/mol. The van der Waals surface area contributed by atoms with Gasteiger partial charge in [-0.2, -0.15) is 0 Å². The molecule has 3 aromatic rings. The van der Waals surface area contributed by atoms with Crippen LogP contribution < -0.4 is 18.9 Å². The zero-order valence-corrected chi connectivity index (χ0v) is 20.8. The minimum atomic E-state index is -1.03. The molecule has 0 radical (unpaired) electrons. The number of ketones is 1. The number of carbonyl (C=O) groups is 2. The fraction of sp³-hybridized carbons (Fsp3) is 0.308. The Labute approximate surface area is 212 Å². The predicted octanol–water partition coefficient (Wildman–Crippen LogP) is 3.91. The Morgan fingerprint density at radius 1 is 1.05 bits per heavy atom. The van der Waals surface area contributed by atoms with Crippen LogP contribution in [0.3, 0.4) is 0 Å². The van der Waals surface area contributed by atoms with Crippen molar-refractivity contribution in [3.63, 3.8) is 0 Å². The Kier molecular flexibility index (Phi) is 7.32. The van der Waals surface area contributed by atoms with Gasteiger partial charge in [0.05, 0.1) is 31.8 Å². The first-order valence-electron chi connectivity index (χ1n) is 11.4. The number of hydrogen-bond donors (Lipinski definition) is 0. The first kappa shape index (κ1) is 25.5. The largest absolute Gasteiger partial charge is 0.493 e. The molecule has 0 aliphatic carbocycles. The van der Waals surface area contributed by atoms with Crippen molar-refractivity contribution in [1.29, 1.82) is 0 Å². The molecule has 0 saturated carbocycles. The number of aryl methyl sites for hydroxylation is 1. The second-order valence-electron chi connectivity index (χ2n) is 8.37. The van der Waals surface area contributed by atoms with E-state index in [2.05, 4.69) is 0 Å². The lowest BCUT2D eigenvalue weighted by Crippen LogP contribution is -2.33. The lowest BCUT2D eigenvalue weighted by molar-refractivity contribution is -0.385. The highest BCUT2D eigenvalue weighted by molar-refractivity contribution is 6.01. The number of nitrogens with zero attached hydrogens (tertiary/aromatic N) is 2. The number of nitro groups is 1. The maximum atomic E-state index is 12.9. The molecule has 37 heavy (non-hydrogen) atoms. The summed E-state index contributed by atoms with van der Waals surface area (Å²) in [6.07, 6.45) is -0.258. The average molecular weight is 510 g/mol. The van der Waals surface area contributed by atoms with Gasteiger partial charge in [-0.15, -0.1) is 0 Å². The molecule has 11 heteroatoms. The summed E-state index contributed by atoms with van der Waals surface area (Å²) in [5, 5.41) is 11.5. The van der Waals surface area contributed by atoms with E-state index in [0.717, 1.165) is 17.8 Å². The van der Waals surface area contributed by atoms with Crippen molar-refractivity contribution in [1.82, 2.24) is 4.57 Å². The van der Waals surface area contributed by atoms with Gasteiger partial charge in [0, 0.05) is 23.0 Å². The van der Waals surface area contributed by atoms with Crippen LogP contribution in [0, 0.1) is 24.0 Å². The molecule has 194 valence electrons. The van der Waals surface area contributed by atoms with Crippen LogP contribution in [0.1, 0.15) is 32.1 Å². The molecule has 1 aliphatic rings. The molecule has 0 unspecified atom stereocenters. The summed E-state index contributed by atoms with van der Waals surface area (Å²) in [5.74, 6) is 0.0838. The number of Topliss-reactive ketones (excluding diaryl/α,β-unsaturated/α-hetero) is 1. The van der Waals surface area contributed by atoms with Gasteiger partial charge < -0.3 is 28.3 Å². The van der Waals surface area contributed by atoms with Crippen molar-refractivity contribution in [2.75, 3.05) is 27.4 Å². The van der Waals surface area contributed by atoms with E-state index in [0.29, 0.717) is 35.9 Å². The first-order chi connectivity index (χ1) is 17.7. The molecule has 1 atom stereocenters. The number of carbonyl (C=O) groups excluding carboxylic acids is 2. The number of fused-ring (bicyclic) bond motifs is 1. The predicted molar refractivity (Wildman–Crippen MR) is 131 cm³/mol. The van der Waals surface area contributed by atoms with Gasteiger partial charge in [0.15, 0.2) is 35.7 Å². The molecule has 0 amide bonds. The van der Waals surface area contributed by atoms with Gasteiger partial charge in [-0.25, -0.2) is 4.79 Å². The smallest absolute Gasteiger partial charge is 0.345 e. The molecule has 4 rings (SSSR count). The van der Waals surface area contributed by atoms with E-state index < -0.39 is 29.0 Å². The number of aromatic nitrogens is 1. The lowest BCUT2D eigenvalue weighted by Gasteiger charge is -2.27. The summed E-state index contributed by atoms with van der Waals surface area (Å²) in [7, 11) is 2.66. The van der Waals surface area contributed by atoms with Crippen molar-refractivity contribution in [3.8, 4) is 23.0 Å². The van der Waals surface area contributed by atoms with Crippen LogP contribution in [0.2, 0.25) is 0 Å². The van der Waals surface area contributed by atoms with Crippen LogP contribution in [0.25, 0.3) is 0 Å². The third-order valence-electron chi connectivity index (χ3n) is 6.08. The van der Waals surface area contributed by atoms with Crippen LogP contribution in [0.15, 0.2) is 42.5 Å². The summed E-state index contributed by atoms with van der Waals surface area (Å²) in [6, 6.07) is 11.3. The number of rotatable bonds is 9. The highest BCUT2D eigenvalue weighted by Gasteiger charge is 2.28. The molecule has 1 aliphatic heterocycles. The molecule has 0 spiro atoms. The van der Waals surface area contributed by atoms with E-state index in [1.807, 2.05) is 35.8 Å². The van der Waals surface area contributed by atoms with Gasteiger partial charge in [0.25, 0.3) is 5.69 Å². The molecule has 11 nitrogen and oxygen atoms in total. The van der Waals surface area contributed by atoms with Crippen molar-refractivity contribution in [2.24, 2.45) is 0 Å². The highest BCUT2D eigenvalue weighted by Crippen LogP contribution is 2.35. The molecular formula is C26H26N2O9. The van der Waals surface area contributed by atoms with Crippen LogP contribution in [-0.2, 0) is 11.3 Å².